The molecule has 7 heteroatoms. The van der Waals surface area contributed by atoms with E-state index in [-0.39, 0.29) is 12.7 Å². The molecule has 31 heavy (non-hydrogen) atoms. The molecule has 1 saturated heterocycles. The predicted molar refractivity (Wildman–Crippen MR) is 117 cm³/mol. The van der Waals surface area contributed by atoms with Gasteiger partial charge in [0, 0.05) is 50.7 Å². The van der Waals surface area contributed by atoms with Gasteiger partial charge in [-0.3, -0.25) is 9.69 Å². The van der Waals surface area contributed by atoms with E-state index in [1.807, 2.05) is 65.0 Å². The van der Waals surface area contributed by atoms with Crippen molar-refractivity contribution in [2.24, 2.45) is 7.05 Å². The molecule has 0 bridgehead atoms. The van der Waals surface area contributed by atoms with E-state index in [9.17, 15) is 4.79 Å². The minimum absolute atomic E-state index is 0.0321. The highest BCUT2D eigenvalue weighted by atomic mass is 16.7. The number of aromatic nitrogens is 1. The molecule has 0 N–H and O–H groups in total. The van der Waals surface area contributed by atoms with E-state index in [0.29, 0.717) is 18.8 Å². The van der Waals surface area contributed by atoms with Crippen LogP contribution in [0, 0.1) is 0 Å². The summed E-state index contributed by atoms with van der Waals surface area (Å²) >= 11 is 0. The summed E-state index contributed by atoms with van der Waals surface area (Å²) in [5, 5.41) is 1.07. The third kappa shape index (κ3) is 4.11. The number of rotatable bonds is 6. The molecule has 0 spiro atoms. The fourth-order valence-electron chi connectivity index (χ4n) is 4.26. The van der Waals surface area contributed by atoms with Crippen molar-refractivity contribution in [3.05, 3.63) is 59.8 Å². The Morgan fingerprint density at radius 3 is 2.68 bits per heavy atom. The summed E-state index contributed by atoms with van der Waals surface area (Å²) in [7, 11) is 1.95. The van der Waals surface area contributed by atoms with Gasteiger partial charge in [-0.1, -0.05) is 24.3 Å². The Bertz CT molecular complexity index is 1090. The molecular formula is C24H27N3O4. The summed E-state index contributed by atoms with van der Waals surface area (Å²) in [6, 6.07) is 16.0. The van der Waals surface area contributed by atoms with Crippen LogP contribution in [-0.4, -0.2) is 66.5 Å². The lowest BCUT2D eigenvalue weighted by Crippen LogP contribution is -2.43. The maximum atomic E-state index is 13.7. The van der Waals surface area contributed by atoms with Gasteiger partial charge in [-0.25, -0.2) is 0 Å². The molecule has 7 nitrogen and oxygen atoms in total. The fraction of sp³-hybridized carbons (Fsp3) is 0.375. The topological polar surface area (TPSA) is 56.2 Å². The minimum atomic E-state index is 0.0321. The molecule has 2 aliphatic heterocycles. The molecule has 5 rings (SSSR count). The Morgan fingerprint density at radius 1 is 1.03 bits per heavy atom. The predicted octanol–water partition coefficient (Wildman–Crippen LogP) is 2.88. The Kier molecular flexibility index (Phi) is 5.53. The Labute approximate surface area is 181 Å². The first-order chi connectivity index (χ1) is 15.2. The lowest BCUT2D eigenvalue weighted by Gasteiger charge is -2.30. The van der Waals surface area contributed by atoms with Crippen LogP contribution in [0.15, 0.2) is 48.5 Å². The average molecular weight is 421 g/mol. The quantitative estimate of drug-likeness (QED) is 0.613. The number of aryl methyl sites for hydroxylation is 1. The maximum Gasteiger partial charge on any atom is 0.270 e. The van der Waals surface area contributed by atoms with E-state index in [0.717, 1.165) is 60.8 Å². The van der Waals surface area contributed by atoms with Crippen LogP contribution in [0.4, 0.5) is 0 Å². The second-order valence-electron chi connectivity index (χ2n) is 8.02. The molecule has 0 unspecified atom stereocenters. The van der Waals surface area contributed by atoms with Gasteiger partial charge in [0.05, 0.1) is 13.2 Å². The van der Waals surface area contributed by atoms with Crippen LogP contribution in [-0.2, 0) is 18.3 Å². The number of amides is 1. The smallest absolute Gasteiger partial charge is 0.270 e. The number of carbonyl (C=O) groups is 1. The van der Waals surface area contributed by atoms with Crippen molar-refractivity contribution >= 4 is 16.8 Å². The zero-order valence-corrected chi connectivity index (χ0v) is 17.8. The van der Waals surface area contributed by atoms with Crippen LogP contribution in [0.3, 0.4) is 0 Å². The number of fused-ring (bicyclic) bond motifs is 2. The third-order valence-electron chi connectivity index (χ3n) is 6.06. The van der Waals surface area contributed by atoms with E-state index in [4.69, 9.17) is 14.2 Å². The molecule has 0 saturated carbocycles. The summed E-state index contributed by atoms with van der Waals surface area (Å²) in [5.74, 6) is 1.52. The maximum absolute atomic E-state index is 13.7. The highest BCUT2D eigenvalue weighted by molar-refractivity contribution is 5.98. The van der Waals surface area contributed by atoms with Gasteiger partial charge in [-0.2, -0.15) is 0 Å². The SMILES string of the molecule is Cn1c(C(=O)N(CCN2CCOCC2)Cc2ccc3c(c2)OCO3)cc2ccccc21. The van der Waals surface area contributed by atoms with Crippen molar-refractivity contribution in [3.8, 4) is 11.5 Å². The summed E-state index contributed by atoms with van der Waals surface area (Å²) in [6.07, 6.45) is 0. The second-order valence-corrected chi connectivity index (χ2v) is 8.02. The van der Waals surface area contributed by atoms with E-state index in [2.05, 4.69) is 4.90 Å². The molecular weight excluding hydrogens is 394 g/mol. The molecule has 2 aliphatic rings. The fourth-order valence-corrected chi connectivity index (χ4v) is 4.26. The van der Waals surface area contributed by atoms with Crippen molar-refractivity contribution in [2.45, 2.75) is 6.54 Å². The number of hydrogen-bond acceptors (Lipinski definition) is 5. The van der Waals surface area contributed by atoms with Crippen molar-refractivity contribution in [2.75, 3.05) is 46.2 Å². The minimum Gasteiger partial charge on any atom is -0.454 e. The van der Waals surface area contributed by atoms with Gasteiger partial charge in [0.15, 0.2) is 11.5 Å². The normalized spacial score (nSPS) is 16.0. The van der Waals surface area contributed by atoms with E-state index < -0.39 is 0 Å². The highest BCUT2D eigenvalue weighted by Gasteiger charge is 2.23. The summed E-state index contributed by atoms with van der Waals surface area (Å²) in [5.41, 5.74) is 2.78. The van der Waals surface area contributed by atoms with Gasteiger partial charge in [0.25, 0.3) is 5.91 Å². The van der Waals surface area contributed by atoms with Gasteiger partial charge in [0.2, 0.25) is 6.79 Å². The van der Waals surface area contributed by atoms with Crippen LogP contribution in [0.5, 0.6) is 11.5 Å². The summed E-state index contributed by atoms with van der Waals surface area (Å²) in [4.78, 5) is 17.9. The number of benzene rings is 2. The number of morpholine rings is 1. The number of nitrogens with zero attached hydrogens (tertiary/aromatic N) is 3. The first-order valence-electron chi connectivity index (χ1n) is 10.7. The van der Waals surface area contributed by atoms with Gasteiger partial charge < -0.3 is 23.7 Å². The number of para-hydroxylation sites is 1. The van der Waals surface area contributed by atoms with Crippen molar-refractivity contribution in [1.82, 2.24) is 14.4 Å². The summed E-state index contributed by atoms with van der Waals surface area (Å²) in [6.45, 7) is 5.53. The van der Waals surface area contributed by atoms with Gasteiger partial charge in [0.1, 0.15) is 5.69 Å². The van der Waals surface area contributed by atoms with Crippen molar-refractivity contribution < 1.29 is 19.0 Å². The lowest BCUT2D eigenvalue weighted by molar-refractivity contribution is 0.0319. The first-order valence-corrected chi connectivity index (χ1v) is 10.7. The third-order valence-corrected chi connectivity index (χ3v) is 6.06. The van der Waals surface area contributed by atoms with Crippen LogP contribution in [0.25, 0.3) is 10.9 Å². The number of carbonyl (C=O) groups excluding carboxylic acids is 1. The molecule has 0 atom stereocenters. The molecule has 1 fully saturated rings. The molecule has 0 radical (unpaired) electrons. The van der Waals surface area contributed by atoms with Crippen LogP contribution < -0.4 is 9.47 Å². The zero-order chi connectivity index (χ0) is 21.2. The summed E-state index contributed by atoms with van der Waals surface area (Å²) < 4.78 is 18.4. The number of hydrogen-bond donors (Lipinski definition) is 0. The largest absolute Gasteiger partial charge is 0.454 e. The molecule has 1 aromatic heterocycles. The van der Waals surface area contributed by atoms with E-state index in [1.165, 1.54) is 0 Å². The molecule has 0 aliphatic carbocycles. The zero-order valence-electron chi connectivity index (χ0n) is 17.8. The Balaban J connectivity index is 1.40. The average Bonchev–Trinajstić information content (AvgIpc) is 3.41. The molecule has 3 aromatic rings. The van der Waals surface area contributed by atoms with Gasteiger partial charge in [-0.15, -0.1) is 0 Å². The number of ether oxygens (including phenoxy) is 3. The van der Waals surface area contributed by atoms with E-state index >= 15 is 0 Å². The van der Waals surface area contributed by atoms with Crippen molar-refractivity contribution in [3.63, 3.8) is 0 Å². The Morgan fingerprint density at radius 2 is 1.84 bits per heavy atom. The first kappa shape index (κ1) is 19.9. The Hall–Kier alpha value is -3.03. The standard InChI is InChI=1S/C24H27N3O4/c1-25-20-5-3-2-4-19(20)15-21(25)24(28)27(9-8-26-10-12-29-13-11-26)16-18-6-7-22-23(14-18)31-17-30-22/h2-7,14-15H,8-13,16-17H2,1H3. The van der Waals surface area contributed by atoms with Crippen LogP contribution in [0.1, 0.15) is 16.1 Å². The molecule has 162 valence electrons. The van der Waals surface area contributed by atoms with Crippen LogP contribution in [0.2, 0.25) is 0 Å². The van der Waals surface area contributed by atoms with Gasteiger partial charge >= 0.3 is 0 Å². The van der Waals surface area contributed by atoms with Crippen LogP contribution >= 0.6 is 0 Å². The second kappa shape index (κ2) is 8.61. The lowest BCUT2D eigenvalue weighted by atomic mass is 10.1. The molecule has 1 amide bonds. The van der Waals surface area contributed by atoms with Gasteiger partial charge in [-0.05, 0) is 29.8 Å². The highest BCUT2D eigenvalue weighted by Crippen LogP contribution is 2.33. The van der Waals surface area contributed by atoms with E-state index in [1.54, 1.807) is 0 Å². The monoisotopic (exact) mass is 421 g/mol. The van der Waals surface area contributed by atoms with Crippen molar-refractivity contribution in [1.29, 1.82) is 0 Å². The molecule has 2 aromatic carbocycles. The molecule has 3 heterocycles.